The van der Waals surface area contributed by atoms with E-state index in [0.717, 1.165) is 46.7 Å². The van der Waals surface area contributed by atoms with Gasteiger partial charge < -0.3 is 25.0 Å². The van der Waals surface area contributed by atoms with E-state index in [1.165, 1.54) is 18.2 Å². The Morgan fingerprint density at radius 3 is 2.05 bits per heavy atom. The summed E-state index contributed by atoms with van der Waals surface area (Å²) in [5, 5.41) is 22.9. The third-order valence-electron chi connectivity index (χ3n) is 10.3. The largest absolute Gasteiger partial charge is 0.487 e. The van der Waals surface area contributed by atoms with Crippen LogP contribution in [0, 0.1) is 26.2 Å². The van der Waals surface area contributed by atoms with Gasteiger partial charge in [0.1, 0.15) is 23.0 Å². The maximum Gasteiger partial charge on any atom is 0.416 e. The molecule has 1 aliphatic rings. The average Bonchev–Trinajstić information content (AvgIpc) is 3.14. The third kappa shape index (κ3) is 9.94. The second-order valence-electron chi connectivity index (χ2n) is 15.1. The van der Waals surface area contributed by atoms with Gasteiger partial charge in [0.2, 0.25) is 5.96 Å². The van der Waals surface area contributed by atoms with Crippen molar-refractivity contribution >= 4 is 27.9 Å². The van der Waals surface area contributed by atoms with Crippen LogP contribution in [0.5, 0.6) is 5.75 Å². The number of halogens is 6. The second kappa shape index (κ2) is 17.0. The molecule has 1 amide bonds. The molecule has 19 heteroatoms. The van der Waals surface area contributed by atoms with Crippen LogP contribution in [0.1, 0.15) is 94.0 Å². The van der Waals surface area contributed by atoms with Gasteiger partial charge in [0, 0.05) is 12.7 Å². The van der Waals surface area contributed by atoms with Crippen LogP contribution >= 0.6 is 0 Å². The monoisotopic (exact) mass is 863 g/mol. The lowest BCUT2D eigenvalue weighted by atomic mass is 9.88. The highest BCUT2D eigenvalue weighted by atomic mass is 32.2. The van der Waals surface area contributed by atoms with Gasteiger partial charge in [-0.2, -0.15) is 26.3 Å². The fraction of sp³-hybridized carbons (Fsp3) is 0.366. The molecule has 5 N–H and O–H groups in total. The van der Waals surface area contributed by atoms with Crippen molar-refractivity contribution in [2.24, 2.45) is 0 Å². The summed E-state index contributed by atoms with van der Waals surface area (Å²) in [6.45, 7) is 8.86. The van der Waals surface area contributed by atoms with Crippen molar-refractivity contribution in [3.63, 3.8) is 0 Å². The molecule has 60 heavy (non-hydrogen) atoms. The summed E-state index contributed by atoms with van der Waals surface area (Å²) in [6.07, 6.45) is -7.65. The molecule has 4 aromatic rings. The summed E-state index contributed by atoms with van der Waals surface area (Å²) >= 11 is 0. The molecule has 0 radical (unpaired) electrons. The van der Waals surface area contributed by atoms with Gasteiger partial charge in [0.05, 0.1) is 22.1 Å². The van der Waals surface area contributed by atoms with Crippen molar-refractivity contribution in [2.45, 2.75) is 95.2 Å². The number of carbonyl (C=O) groups excluding carboxylic acids is 1. The predicted molar refractivity (Wildman–Crippen MR) is 209 cm³/mol. The van der Waals surface area contributed by atoms with Crippen molar-refractivity contribution in [2.75, 3.05) is 6.54 Å². The molecule has 3 aromatic carbocycles. The Morgan fingerprint density at radius 2 is 1.50 bits per heavy atom. The summed E-state index contributed by atoms with van der Waals surface area (Å²) in [5.41, 5.74) is -2.58. The number of carboxylic acid groups (broad SMARTS) is 1. The number of rotatable bonds is 12. The van der Waals surface area contributed by atoms with E-state index in [1.807, 2.05) is 13.8 Å². The minimum Gasteiger partial charge on any atom is -0.487 e. The Kier molecular flexibility index (Phi) is 12.8. The highest BCUT2D eigenvalue weighted by molar-refractivity contribution is 7.90. The number of benzene rings is 3. The minimum absolute atomic E-state index is 0.0122. The molecular weight excluding hydrogens is 821 g/mol. The van der Waals surface area contributed by atoms with Crippen LogP contribution in [0.3, 0.4) is 0 Å². The zero-order valence-corrected chi connectivity index (χ0v) is 33.9. The summed E-state index contributed by atoms with van der Waals surface area (Å²) in [6, 6.07) is 6.26. The number of hydrogen-bond donors (Lipinski definition) is 5. The molecule has 12 nitrogen and oxygen atoms in total. The first-order valence-corrected chi connectivity index (χ1v) is 20.1. The number of pyridine rings is 1. The normalized spacial score (nSPS) is 14.5. The van der Waals surface area contributed by atoms with Gasteiger partial charge >= 0.3 is 18.3 Å². The zero-order valence-electron chi connectivity index (χ0n) is 33.1. The van der Waals surface area contributed by atoms with E-state index in [2.05, 4.69) is 15.4 Å². The number of nitrogens with zero attached hydrogens (tertiary/aromatic N) is 1. The van der Waals surface area contributed by atoms with Crippen molar-refractivity contribution < 1.29 is 54.2 Å². The lowest BCUT2D eigenvalue weighted by Crippen LogP contribution is -2.44. The number of amides is 1. The summed E-state index contributed by atoms with van der Waals surface area (Å²) in [4.78, 5) is 39.4. The predicted octanol–water partition coefficient (Wildman–Crippen LogP) is 7.02. The number of hydrogen-bond acceptors (Lipinski definition) is 7. The molecule has 5 rings (SSSR count). The van der Waals surface area contributed by atoms with Crippen LogP contribution < -0.4 is 25.7 Å². The molecule has 0 spiro atoms. The van der Waals surface area contributed by atoms with Crippen LogP contribution in [0.2, 0.25) is 0 Å². The fourth-order valence-electron chi connectivity index (χ4n) is 7.16. The molecule has 0 aliphatic carbocycles. The number of carbonyl (C=O) groups is 2. The maximum atomic E-state index is 13.8. The average molecular weight is 864 g/mol. The van der Waals surface area contributed by atoms with Gasteiger partial charge in [0.15, 0.2) is 0 Å². The Hall–Kier alpha value is -5.85. The fourth-order valence-corrected chi connectivity index (χ4v) is 8.68. The number of aromatic nitrogens is 1. The Bertz CT molecular complexity index is 2440. The maximum absolute atomic E-state index is 13.8. The number of ether oxygens (including phenoxy) is 1. The molecule has 2 heterocycles. The lowest BCUT2D eigenvalue weighted by Gasteiger charge is -2.35. The highest BCUT2D eigenvalue weighted by Gasteiger charge is 2.36. The Balaban J connectivity index is 1.30. The van der Waals surface area contributed by atoms with E-state index in [1.54, 1.807) is 20.8 Å². The van der Waals surface area contributed by atoms with Gasteiger partial charge in [-0.15, -0.1) is 0 Å². The summed E-state index contributed by atoms with van der Waals surface area (Å²) in [5.74, 6) is -2.66. The lowest BCUT2D eigenvalue weighted by molar-refractivity contribution is -0.139. The molecular formula is C41H43F6N5O7S. The van der Waals surface area contributed by atoms with E-state index >= 15 is 0 Å². The first kappa shape index (κ1) is 45.2. The number of aliphatic carboxylic acids is 1. The molecule has 1 aliphatic heterocycles. The summed E-state index contributed by atoms with van der Waals surface area (Å²) < 4.78 is 118. The van der Waals surface area contributed by atoms with E-state index in [4.69, 9.17) is 10.1 Å². The first-order chi connectivity index (χ1) is 27.8. The minimum atomic E-state index is -4.84. The van der Waals surface area contributed by atoms with Crippen molar-refractivity contribution in [1.82, 2.24) is 19.9 Å². The molecule has 0 unspecified atom stereocenters. The van der Waals surface area contributed by atoms with E-state index < -0.39 is 80.1 Å². The number of alkyl halides is 6. The molecule has 1 aromatic heterocycles. The number of carboxylic acids is 1. The molecule has 322 valence electrons. The van der Waals surface area contributed by atoms with Gasteiger partial charge in [0.25, 0.3) is 21.5 Å². The molecule has 0 fully saturated rings. The van der Waals surface area contributed by atoms with Gasteiger partial charge in [-0.25, -0.2) is 17.9 Å². The number of fused-ring (bicyclic) bond motifs is 1. The number of nitrogens with one attached hydrogen (secondary N) is 4. The van der Waals surface area contributed by atoms with E-state index in [0.29, 0.717) is 47.4 Å². The molecule has 0 bridgehead atoms. The van der Waals surface area contributed by atoms with Gasteiger partial charge in [-0.3, -0.25) is 15.0 Å². The van der Waals surface area contributed by atoms with Crippen LogP contribution in [-0.4, -0.2) is 54.1 Å². The van der Waals surface area contributed by atoms with Gasteiger partial charge in [-0.1, -0.05) is 24.3 Å². The van der Waals surface area contributed by atoms with Crippen molar-refractivity contribution in [3.8, 4) is 5.75 Å². The smallest absolute Gasteiger partial charge is 0.416 e. The van der Waals surface area contributed by atoms with Crippen molar-refractivity contribution in [1.29, 1.82) is 5.41 Å². The van der Waals surface area contributed by atoms with E-state index in [-0.39, 0.29) is 35.4 Å². The zero-order chi connectivity index (χ0) is 44.5. The topological polar surface area (TPSA) is 180 Å². The summed E-state index contributed by atoms with van der Waals surface area (Å²) in [7, 11) is -4.26. The second-order valence-corrected chi connectivity index (χ2v) is 16.7. The van der Waals surface area contributed by atoms with Crippen LogP contribution in [0.4, 0.5) is 26.3 Å². The Morgan fingerprint density at radius 1 is 0.917 bits per heavy atom. The van der Waals surface area contributed by atoms with Crippen LogP contribution in [0.15, 0.2) is 76.6 Å². The van der Waals surface area contributed by atoms with Crippen LogP contribution in [-0.2, 0) is 33.6 Å². The molecule has 1 atom stereocenters. The SMILES string of the molecule is Cc1c(C)c(S(=O)(=O)NC(=N)NCCC[C@H](NC(=O)c2cccn(C(c3cccc(C(F)(F)F)c3)c3cccc(C(F)(F)F)c3)c2=O)C(=O)O)c(C)c2c1OC(C)(C)CC2. The molecule has 0 saturated heterocycles. The Labute approximate surface area is 341 Å². The van der Waals surface area contributed by atoms with Gasteiger partial charge in [-0.05, 0) is 130 Å². The van der Waals surface area contributed by atoms with E-state index in [9.17, 15) is 54.3 Å². The van der Waals surface area contributed by atoms with Crippen molar-refractivity contribution in [3.05, 3.63) is 127 Å². The quantitative estimate of drug-likeness (QED) is 0.0437. The first-order valence-electron chi connectivity index (χ1n) is 18.6. The standard InChI is InChI=1S/C41H43F6N5O7S/c1-22-23(2)34(24(3)29-16-17-39(4,5)59-33(22)29)60(57,58)51-38(48)49-18-8-15-31(37(55)56)50-35(53)30-14-9-19-52(36(30)54)32(25-10-6-12-27(20-25)40(42,43)44)26-11-7-13-28(21-26)41(45,46)47/h6-7,9-14,19-21,31-32H,8,15-18H2,1-5H3,(H,50,53)(H,55,56)(H3,48,49,51)/t31-/m0/s1. The number of guanidine groups is 1. The third-order valence-corrected chi connectivity index (χ3v) is 11.9. The van der Waals surface area contributed by atoms with Crippen LogP contribution in [0.25, 0.3) is 0 Å². The molecule has 0 saturated carbocycles. The number of sulfonamides is 1. The highest BCUT2D eigenvalue weighted by Crippen LogP contribution is 2.42.